The first kappa shape index (κ1) is 12.9. The van der Waals surface area contributed by atoms with Crippen molar-refractivity contribution in [1.29, 1.82) is 0 Å². The molecule has 5 heteroatoms. The van der Waals surface area contributed by atoms with Gasteiger partial charge in [-0.25, -0.2) is 0 Å². The second-order valence-electron chi connectivity index (χ2n) is 3.12. The topological polar surface area (TPSA) is 58.2 Å². The highest BCUT2D eigenvalue weighted by atomic mass is 28.3. The molecule has 0 aliphatic heterocycles. The van der Waals surface area contributed by atoms with Crippen molar-refractivity contribution in [1.82, 2.24) is 9.96 Å². The summed E-state index contributed by atoms with van der Waals surface area (Å²) in [4.78, 5) is 27.9. The van der Waals surface area contributed by atoms with Gasteiger partial charge in [0.25, 0.3) is 9.12 Å². The molecule has 14 heavy (non-hydrogen) atoms. The number of carbonyl (C=O) groups is 2. The maximum absolute atomic E-state index is 11.1. The number of amides is 2. The van der Waals surface area contributed by atoms with Crippen LogP contribution in [0.15, 0.2) is 11.8 Å². The van der Waals surface area contributed by atoms with Crippen molar-refractivity contribution in [2.75, 3.05) is 0 Å². The molecule has 0 heterocycles. The number of nitrogens with one attached hydrogen (secondary N) is 2. The fourth-order valence-electron chi connectivity index (χ4n) is 0.809. The van der Waals surface area contributed by atoms with E-state index in [-0.39, 0.29) is 11.8 Å². The lowest BCUT2D eigenvalue weighted by atomic mass is 10.5. The smallest absolute Gasteiger partial charge is 0.275 e. The van der Waals surface area contributed by atoms with Gasteiger partial charge in [0.1, 0.15) is 0 Å². The van der Waals surface area contributed by atoms with Crippen molar-refractivity contribution in [2.24, 2.45) is 0 Å². The molecule has 0 fully saturated rings. The fraction of sp³-hybridized carbons (Fsp3) is 0.556. The molecule has 4 nitrogen and oxygen atoms in total. The van der Waals surface area contributed by atoms with Crippen molar-refractivity contribution in [3.8, 4) is 0 Å². The van der Waals surface area contributed by atoms with E-state index in [0.717, 1.165) is 5.20 Å². The van der Waals surface area contributed by atoms with Crippen molar-refractivity contribution < 1.29 is 9.59 Å². The van der Waals surface area contributed by atoms with Crippen molar-refractivity contribution in [3.05, 3.63) is 11.8 Å². The molecule has 0 atom stereocenters. The van der Waals surface area contributed by atoms with Crippen LogP contribution < -0.4 is 9.96 Å². The molecule has 0 spiro atoms. The molecule has 0 aromatic heterocycles. The van der Waals surface area contributed by atoms with Gasteiger partial charge in [-0.15, -0.1) is 6.58 Å². The van der Waals surface area contributed by atoms with Gasteiger partial charge < -0.3 is 9.96 Å². The zero-order chi connectivity index (χ0) is 11.1. The average Bonchev–Trinajstić information content (AvgIpc) is 2.16. The molecule has 2 amide bonds. The summed E-state index contributed by atoms with van der Waals surface area (Å²) in [6.45, 7) is 9.14. The summed E-state index contributed by atoms with van der Waals surface area (Å²) in [5.41, 5.74) is 0. The second kappa shape index (κ2) is 6.37. The van der Waals surface area contributed by atoms with Crippen LogP contribution in [-0.4, -0.2) is 20.9 Å². The van der Waals surface area contributed by atoms with Gasteiger partial charge in [-0.3, -0.25) is 9.59 Å². The predicted octanol–water partition coefficient (Wildman–Crippen LogP) is 0.375. The minimum atomic E-state index is -1.85. The van der Waals surface area contributed by atoms with Gasteiger partial charge in [-0.05, 0) is 6.92 Å². The SMILES string of the molecule is C=C(C)[SiH](NC(=O)CC)NC(=O)CC. The highest BCUT2D eigenvalue weighted by Gasteiger charge is 2.16. The number of hydrogen-bond acceptors (Lipinski definition) is 2. The third-order valence-corrected chi connectivity index (χ3v) is 3.95. The summed E-state index contributed by atoms with van der Waals surface area (Å²) in [7, 11) is -1.85. The minimum Gasteiger partial charge on any atom is -0.364 e. The lowest BCUT2D eigenvalue weighted by molar-refractivity contribution is -0.119. The Morgan fingerprint density at radius 3 is 1.71 bits per heavy atom. The van der Waals surface area contributed by atoms with E-state index in [9.17, 15) is 9.59 Å². The number of carbonyl (C=O) groups excluding carboxylic acids is 2. The summed E-state index contributed by atoms with van der Waals surface area (Å²) in [6, 6.07) is 0. The largest absolute Gasteiger partial charge is 0.364 e. The Kier molecular flexibility index (Phi) is 5.86. The van der Waals surface area contributed by atoms with Gasteiger partial charge in [0.05, 0.1) is 0 Å². The first-order chi connectivity index (χ1) is 6.51. The normalized spacial score (nSPS) is 9.71. The van der Waals surface area contributed by atoms with Crippen LogP contribution in [0, 0.1) is 0 Å². The number of hydrogen-bond donors (Lipinski definition) is 2. The van der Waals surface area contributed by atoms with Gasteiger partial charge in [0.15, 0.2) is 0 Å². The van der Waals surface area contributed by atoms with Crippen molar-refractivity contribution in [2.45, 2.75) is 33.6 Å². The second-order valence-corrected chi connectivity index (χ2v) is 5.55. The summed E-state index contributed by atoms with van der Waals surface area (Å²) in [5, 5.41) is 0.855. The third-order valence-electron chi connectivity index (χ3n) is 1.75. The Morgan fingerprint density at radius 1 is 1.14 bits per heavy atom. The zero-order valence-corrected chi connectivity index (χ0v) is 10.2. The first-order valence-corrected chi connectivity index (χ1v) is 6.48. The molecule has 2 N–H and O–H groups in total. The molecule has 0 aliphatic carbocycles. The molecule has 0 saturated carbocycles. The maximum Gasteiger partial charge on any atom is 0.275 e. The molecule has 0 bridgehead atoms. The Labute approximate surface area is 86.5 Å². The van der Waals surface area contributed by atoms with Gasteiger partial charge in [0.2, 0.25) is 11.8 Å². The monoisotopic (exact) mass is 214 g/mol. The summed E-state index contributed by atoms with van der Waals surface area (Å²) in [6.07, 6.45) is 0.859. The summed E-state index contributed by atoms with van der Waals surface area (Å²) >= 11 is 0. The molecule has 0 unspecified atom stereocenters. The molecule has 0 saturated heterocycles. The van der Waals surface area contributed by atoms with Crippen LogP contribution in [0.1, 0.15) is 33.6 Å². The van der Waals surface area contributed by atoms with Crippen LogP contribution in [0.5, 0.6) is 0 Å². The van der Waals surface area contributed by atoms with Crippen LogP contribution in [0.3, 0.4) is 0 Å². The standard InChI is InChI=1S/C9H18N2O2Si/c1-5-8(12)10-14(7(3)4)11-9(13)6-2/h14H,3,5-6H2,1-2,4H3,(H,10,12)(H,11,13). The van der Waals surface area contributed by atoms with E-state index in [2.05, 4.69) is 16.5 Å². The van der Waals surface area contributed by atoms with Crippen LogP contribution in [0.25, 0.3) is 0 Å². The number of allylic oxidation sites excluding steroid dienone is 1. The number of rotatable bonds is 5. The van der Waals surface area contributed by atoms with E-state index in [1.807, 2.05) is 6.92 Å². The fourth-order valence-corrected chi connectivity index (χ4v) is 2.43. The van der Waals surface area contributed by atoms with Crippen molar-refractivity contribution >= 4 is 20.9 Å². The Balaban J connectivity index is 4.23. The lowest BCUT2D eigenvalue weighted by Gasteiger charge is -2.17. The molecule has 0 rings (SSSR count). The Bertz CT molecular complexity index is 223. The van der Waals surface area contributed by atoms with E-state index in [4.69, 9.17) is 0 Å². The molecular weight excluding hydrogens is 196 g/mol. The van der Waals surface area contributed by atoms with Crippen molar-refractivity contribution in [3.63, 3.8) is 0 Å². The summed E-state index contributed by atoms with van der Waals surface area (Å²) in [5.74, 6) is -0.0814. The van der Waals surface area contributed by atoms with Gasteiger partial charge in [-0.2, -0.15) is 0 Å². The van der Waals surface area contributed by atoms with E-state index < -0.39 is 9.12 Å². The lowest BCUT2D eigenvalue weighted by Crippen LogP contribution is -2.53. The molecule has 0 aromatic carbocycles. The highest BCUT2D eigenvalue weighted by Crippen LogP contribution is 1.91. The van der Waals surface area contributed by atoms with Crippen LogP contribution in [-0.2, 0) is 9.59 Å². The van der Waals surface area contributed by atoms with E-state index in [1.54, 1.807) is 13.8 Å². The first-order valence-electron chi connectivity index (χ1n) is 4.75. The third kappa shape index (κ3) is 4.81. The van der Waals surface area contributed by atoms with E-state index in [1.165, 1.54) is 0 Å². The predicted molar refractivity (Wildman–Crippen MR) is 58.8 cm³/mol. The molecule has 0 radical (unpaired) electrons. The van der Waals surface area contributed by atoms with E-state index in [0.29, 0.717) is 12.8 Å². The Hall–Kier alpha value is -1.10. The van der Waals surface area contributed by atoms with Crippen LogP contribution >= 0.6 is 0 Å². The average molecular weight is 214 g/mol. The minimum absolute atomic E-state index is 0.0407. The van der Waals surface area contributed by atoms with Crippen LogP contribution in [0.2, 0.25) is 0 Å². The zero-order valence-electron chi connectivity index (χ0n) is 9.02. The molecule has 80 valence electrons. The van der Waals surface area contributed by atoms with Gasteiger partial charge in [0, 0.05) is 12.8 Å². The van der Waals surface area contributed by atoms with E-state index >= 15 is 0 Å². The molecule has 0 aliphatic rings. The Morgan fingerprint density at radius 2 is 1.50 bits per heavy atom. The van der Waals surface area contributed by atoms with Gasteiger partial charge >= 0.3 is 0 Å². The van der Waals surface area contributed by atoms with Gasteiger partial charge in [-0.1, -0.05) is 19.0 Å². The quantitative estimate of drug-likeness (QED) is 0.650. The van der Waals surface area contributed by atoms with Crippen LogP contribution in [0.4, 0.5) is 0 Å². The molecule has 0 aromatic rings. The summed E-state index contributed by atoms with van der Waals surface area (Å²) < 4.78 is 0. The molecular formula is C9H18N2O2Si. The maximum atomic E-state index is 11.1. The highest BCUT2D eigenvalue weighted by molar-refractivity contribution is 6.66.